The smallest absolute Gasteiger partial charge is 0.267 e. The van der Waals surface area contributed by atoms with Gasteiger partial charge >= 0.3 is 0 Å². The van der Waals surface area contributed by atoms with Crippen LogP contribution in [0.2, 0.25) is 0 Å². The Bertz CT molecular complexity index is 1050. The number of nitrogens with zero attached hydrogens (tertiary/aromatic N) is 2. The Hall–Kier alpha value is -4.32. The molecule has 0 bridgehead atoms. The van der Waals surface area contributed by atoms with Crippen LogP contribution in [-0.4, -0.2) is 16.5 Å². The Balaban J connectivity index is 1.84. The Morgan fingerprint density at radius 3 is 1.83 bits per heavy atom. The van der Waals surface area contributed by atoms with Crippen LogP contribution in [0.4, 0.5) is 5.69 Å². The van der Waals surface area contributed by atoms with Gasteiger partial charge in [-0.05, 0) is 29.3 Å². The van der Waals surface area contributed by atoms with Crippen LogP contribution in [0, 0.1) is 10.1 Å². The molecule has 0 unspecified atom stereocenters. The van der Waals surface area contributed by atoms with Crippen molar-refractivity contribution in [2.24, 2.45) is 5.10 Å². The van der Waals surface area contributed by atoms with Gasteiger partial charge in [-0.25, -0.2) is 5.43 Å². The van der Waals surface area contributed by atoms with Crippen molar-refractivity contribution in [2.75, 3.05) is 0 Å². The summed E-state index contributed by atoms with van der Waals surface area (Å²) in [6.45, 7) is 0. The van der Waals surface area contributed by atoms with E-state index in [0.717, 1.165) is 11.1 Å². The first kappa shape index (κ1) is 20.4. The van der Waals surface area contributed by atoms with Gasteiger partial charge in [-0.2, -0.15) is 5.10 Å². The van der Waals surface area contributed by atoms with Gasteiger partial charge in [-0.15, -0.1) is 0 Å². The highest BCUT2D eigenvalue weighted by molar-refractivity contribution is 6.09. The number of nitrogens with one attached hydrogen (secondary N) is 1. The molecular weight excluding hydrogens is 378 g/mol. The number of allylic oxidation sites excluding steroid dienone is 2. The normalized spacial score (nSPS) is 10.8. The fourth-order valence-electron chi connectivity index (χ4n) is 2.62. The number of hydrogen-bond donors (Lipinski definition) is 1. The molecule has 30 heavy (non-hydrogen) atoms. The lowest BCUT2D eigenvalue weighted by molar-refractivity contribution is -0.385. The monoisotopic (exact) mass is 397 g/mol. The molecule has 3 aromatic carbocycles. The average Bonchev–Trinajstić information content (AvgIpc) is 2.79. The van der Waals surface area contributed by atoms with Crippen LogP contribution < -0.4 is 5.43 Å². The van der Waals surface area contributed by atoms with E-state index in [0.29, 0.717) is 5.71 Å². The summed E-state index contributed by atoms with van der Waals surface area (Å²) in [5, 5.41) is 15.3. The molecular formula is C24H19N3O3. The first-order valence-electron chi connectivity index (χ1n) is 9.21. The highest BCUT2D eigenvalue weighted by atomic mass is 16.6. The lowest BCUT2D eigenvalue weighted by Crippen LogP contribution is -2.20. The van der Waals surface area contributed by atoms with Gasteiger partial charge in [0.25, 0.3) is 11.6 Å². The maximum Gasteiger partial charge on any atom is 0.282 e. The molecule has 3 aromatic rings. The molecule has 3 rings (SSSR count). The topological polar surface area (TPSA) is 84.6 Å². The van der Waals surface area contributed by atoms with E-state index >= 15 is 0 Å². The molecule has 1 N–H and O–H groups in total. The summed E-state index contributed by atoms with van der Waals surface area (Å²) in [7, 11) is 0. The van der Waals surface area contributed by atoms with Crippen LogP contribution in [0.15, 0.2) is 102 Å². The van der Waals surface area contributed by atoms with E-state index in [9.17, 15) is 14.9 Å². The van der Waals surface area contributed by atoms with E-state index in [1.165, 1.54) is 18.2 Å². The molecule has 6 heteroatoms. The van der Waals surface area contributed by atoms with Crippen molar-refractivity contribution in [3.8, 4) is 0 Å². The van der Waals surface area contributed by atoms with Crippen molar-refractivity contribution in [2.45, 2.75) is 0 Å². The van der Waals surface area contributed by atoms with E-state index < -0.39 is 10.8 Å². The molecule has 1 amide bonds. The number of para-hydroxylation sites is 1. The lowest BCUT2D eigenvalue weighted by Gasteiger charge is -2.02. The molecule has 0 saturated carbocycles. The summed E-state index contributed by atoms with van der Waals surface area (Å²) in [5.74, 6) is -0.652. The zero-order chi connectivity index (χ0) is 21.2. The molecule has 0 aliphatic heterocycles. The zero-order valence-corrected chi connectivity index (χ0v) is 16.0. The molecule has 0 saturated heterocycles. The Labute approximate surface area is 174 Å². The molecule has 0 fully saturated rings. The van der Waals surface area contributed by atoms with Gasteiger partial charge in [0.05, 0.1) is 10.6 Å². The predicted octanol–water partition coefficient (Wildman–Crippen LogP) is 5.11. The molecule has 6 nitrogen and oxygen atoms in total. The van der Waals surface area contributed by atoms with Gasteiger partial charge in [0.15, 0.2) is 0 Å². The second kappa shape index (κ2) is 10.3. The molecule has 148 valence electrons. The van der Waals surface area contributed by atoms with Crippen LogP contribution in [0.3, 0.4) is 0 Å². The molecule has 0 spiro atoms. The standard InChI is InChI=1S/C24H19N3O3/c28-24(22-13-7-8-14-23(22)27(29)30)26-25-21(17-15-19-9-3-1-4-10-19)18-16-20-11-5-2-6-12-20/h1-18H,(H,26,28)/b17-15+,18-16+. The molecule has 0 atom stereocenters. The minimum absolute atomic E-state index is 0.0512. The van der Waals surface area contributed by atoms with Crippen molar-refractivity contribution in [3.05, 3.63) is 124 Å². The van der Waals surface area contributed by atoms with Crippen molar-refractivity contribution < 1.29 is 9.72 Å². The van der Waals surface area contributed by atoms with E-state index in [4.69, 9.17) is 0 Å². The van der Waals surface area contributed by atoms with Crippen LogP contribution in [-0.2, 0) is 0 Å². The number of carbonyl (C=O) groups is 1. The Kier molecular flexibility index (Phi) is 7.00. The zero-order valence-electron chi connectivity index (χ0n) is 16.0. The van der Waals surface area contributed by atoms with Gasteiger partial charge in [-0.3, -0.25) is 14.9 Å². The number of amides is 1. The minimum atomic E-state index is -0.652. The van der Waals surface area contributed by atoms with Crippen molar-refractivity contribution in [1.29, 1.82) is 0 Å². The fourth-order valence-corrected chi connectivity index (χ4v) is 2.62. The van der Waals surface area contributed by atoms with Crippen LogP contribution in [0.5, 0.6) is 0 Å². The molecule has 0 heterocycles. The minimum Gasteiger partial charge on any atom is -0.267 e. The van der Waals surface area contributed by atoms with Gasteiger partial charge in [0.2, 0.25) is 0 Å². The van der Waals surface area contributed by atoms with E-state index in [1.54, 1.807) is 18.2 Å². The van der Waals surface area contributed by atoms with Crippen molar-refractivity contribution in [1.82, 2.24) is 5.43 Å². The van der Waals surface area contributed by atoms with E-state index in [2.05, 4.69) is 10.5 Å². The second-order valence-corrected chi connectivity index (χ2v) is 6.24. The van der Waals surface area contributed by atoms with Crippen LogP contribution in [0.1, 0.15) is 21.5 Å². The predicted molar refractivity (Wildman–Crippen MR) is 119 cm³/mol. The molecule has 0 aliphatic carbocycles. The number of benzene rings is 3. The third kappa shape index (κ3) is 5.84. The van der Waals surface area contributed by atoms with Gasteiger partial charge in [0.1, 0.15) is 5.56 Å². The summed E-state index contributed by atoms with van der Waals surface area (Å²) in [6, 6.07) is 25.1. The van der Waals surface area contributed by atoms with Crippen LogP contribution in [0.25, 0.3) is 12.2 Å². The first-order chi connectivity index (χ1) is 14.6. The summed E-state index contributed by atoms with van der Waals surface area (Å²) >= 11 is 0. The SMILES string of the molecule is O=C(NN=C(/C=C/c1ccccc1)/C=C/c1ccccc1)c1ccccc1[N+](=O)[O-]. The summed E-state index contributed by atoms with van der Waals surface area (Å²) < 4.78 is 0. The highest BCUT2D eigenvalue weighted by Crippen LogP contribution is 2.17. The Morgan fingerprint density at radius 1 is 0.800 bits per heavy atom. The van der Waals surface area contributed by atoms with Crippen molar-refractivity contribution in [3.63, 3.8) is 0 Å². The summed E-state index contributed by atoms with van der Waals surface area (Å²) in [5.41, 5.74) is 4.52. The van der Waals surface area contributed by atoms with Crippen molar-refractivity contribution >= 4 is 29.5 Å². The van der Waals surface area contributed by atoms with Gasteiger partial charge in [-0.1, -0.05) is 84.9 Å². The van der Waals surface area contributed by atoms with Gasteiger partial charge < -0.3 is 0 Å². The highest BCUT2D eigenvalue weighted by Gasteiger charge is 2.18. The third-order valence-electron chi connectivity index (χ3n) is 4.12. The molecule has 0 aliphatic rings. The maximum atomic E-state index is 12.5. The molecule has 0 aromatic heterocycles. The summed E-state index contributed by atoms with van der Waals surface area (Å²) in [6.07, 6.45) is 7.25. The number of carbonyl (C=O) groups excluding carboxylic acids is 1. The van der Waals surface area contributed by atoms with E-state index in [-0.39, 0.29) is 11.3 Å². The number of hydrogen-bond acceptors (Lipinski definition) is 4. The average molecular weight is 397 g/mol. The van der Waals surface area contributed by atoms with E-state index in [1.807, 2.05) is 72.8 Å². The largest absolute Gasteiger partial charge is 0.282 e. The number of hydrazone groups is 1. The maximum absolute atomic E-state index is 12.5. The van der Waals surface area contributed by atoms with Gasteiger partial charge in [0, 0.05) is 6.07 Å². The number of rotatable bonds is 7. The fraction of sp³-hybridized carbons (Fsp3) is 0. The van der Waals surface area contributed by atoms with Crippen LogP contribution >= 0.6 is 0 Å². The molecule has 0 radical (unpaired) electrons. The first-order valence-corrected chi connectivity index (χ1v) is 9.21. The summed E-state index contributed by atoms with van der Waals surface area (Å²) in [4.78, 5) is 23.0. The quantitative estimate of drug-likeness (QED) is 0.342. The number of nitro benzene ring substituents is 1. The second-order valence-electron chi connectivity index (χ2n) is 6.24. The Morgan fingerprint density at radius 2 is 1.30 bits per heavy atom. The number of nitro groups is 1. The third-order valence-corrected chi connectivity index (χ3v) is 4.12. The lowest BCUT2D eigenvalue weighted by atomic mass is 10.1.